The number of aryl methyl sites for hydroxylation is 1. The number of carbonyl (C=O) groups excluding carboxylic acids is 1. The average molecular weight is 322 g/mol. The van der Waals surface area contributed by atoms with Gasteiger partial charge in [-0.2, -0.15) is 0 Å². The number of amides is 1. The van der Waals surface area contributed by atoms with Crippen molar-refractivity contribution in [1.82, 2.24) is 4.90 Å². The van der Waals surface area contributed by atoms with E-state index in [1.807, 2.05) is 55.6 Å². The normalized spacial score (nSPS) is 10.4. The number of carbonyl (C=O) groups is 1. The highest BCUT2D eigenvalue weighted by Crippen LogP contribution is 2.17. The number of hydrogen-bond donors (Lipinski definition) is 0. The molecule has 0 saturated heterocycles. The van der Waals surface area contributed by atoms with E-state index in [4.69, 9.17) is 23.2 Å². The Morgan fingerprint density at radius 2 is 1.71 bits per heavy atom. The molecule has 0 spiro atoms. The fourth-order valence-corrected chi connectivity index (χ4v) is 2.44. The second-order valence-corrected chi connectivity index (χ2v) is 5.81. The van der Waals surface area contributed by atoms with Crippen molar-refractivity contribution >= 4 is 29.1 Å². The quantitative estimate of drug-likeness (QED) is 0.789. The Balaban J connectivity index is 1.88. The molecule has 0 unspecified atom stereocenters. The first-order valence-electron chi connectivity index (χ1n) is 6.78. The summed E-state index contributed by atoms with van der Waals surface area (Å²) in [5, 5.41) is 1.41. The lowest BCUT2D eigenvalue weighted by atomic mass is 10.1. The zero-order valence-electron chi connectivity index (χ0n) is 11.9. The molecule has 110 valence electrons. The number of benzene rings is 2. The zero-order chi connectivity index (χ0) is 15.2. The van der Waals surface area contributed by atoms with Gasteiger partial charge >= 0.3 is 0 Å². The molecule has 0 fully saturated rings. The Kier molecular flexibility index (Phi) is 5.66. The molecular formula is C17H17Cl2NO. The van der Waals surface area contributed by atoms with Crippen LogP contribution >= 0.6 is 23.2 Å². The predicted molar refractivity (Wildman–Crippen MR) is 87.7 cm³/mol. The SMILES string of the molecule is CN(Cc1ccc(Cl)cc1)C(=O)CCc1ccccc1Cl. The summed E-state index contributed by atoms with van der Waals surface area (Å²) >= 11 is 11.9. The highest BCUT2D eigenvalue weighted by molar-refractivity contribution is 6.31. The molecular weight excluding hydrogens is 305 g/mol. The summed E-state index contributed by atoms with van der Waals surface area (Å²) in [7, 11) is 1.81. The minimum atomic E-state index is 0.102. The molecule has 0 aliphatic carbocycles. The van der Waals surface area contributed by atoms with E-state index in [0.29, 0.717) is 29.4 Å². The first-order chi connectivity index (χ1) is 10.1. The van der Waals surface area contributed by atoms with Crippen LogP contribution in [-0.2, 0) is 17.8 Å². The van der Waals surface area contributed by atoms with Crippen LogP contribution in [0.2, 0.25) is 10.0 Å². The first kappa shape index (κ1) is 15.9. The Bertz CT molecular complexity index is 610. The van der Waals surface area contributed by atoms with Crippen LogP contribution in [0.15, 0.2) is 48.5 Å². The van der Waals surface area contributed by atoms with Crippen molar-refractivity contribution in [2.24, 2.45) is 0 Å². The number of nitrogens with zero attached hydrogens (tertiary/aromatic N) is 1. The molecule has 0 N–H and O–H groups in total. The smallest absolute Gasteiger partial charge is 0.222 e. The highest BCUT2D eigenvalue weighted by atomic mass is 35.5. The first-order valence-corrected chi connectivity index (χ1v) is 7.53. The van der Waals surface area contributed by atoms with Crippen molar-refractivity contribution in [3.8, 4) is 0 Å². The Labute approximate surface area is 135 Å². The van der Waals surface area contributed by atoms with E-state index in [9.17, 15) is 4.79 Å². The molecule has 1 amide bonds. The van der Waals surface area contributed by atoms with Gasteiger partial charge in [-0.1, -0.05) is 53.5 Å². The van der Waals surface area contributed by atoms with Gasteiger partial charge in [-0.25, -0.2) is 0 Å². The van der Waals surface area contributed by atoms with E-state index in [1.54, 1.807) is 4.90 Å². The summed E-state index contributed by atoms with van der Waals surface area (Å²) in [6, 6.07) is 15.1. The van der Waals surface area contributed by atoms with Gasteiger partial charge in [0.1, 0.15) is 0 Å². The minimum absolute atomic E-state index is 0.102. The second kappa shape index (κ2) is 7.48. The molecule has 2 aromatic carbocycles. The maximum Gasteiger partial charge on any atom is 0.222 e. The molecule has 0 aliphatic rings. The lowest BCUT2D eigenvalue weighted by Gasteiger charge is -2.17. The van der Waals surface area contributed by atoms with Gasteiger partial charge in [0.2, 0.25) is 5.91 Å². The van der Waals surface area contributed by atoms with Crippen LogP contribution in [0.3, 0.4) is 0 Å². The van der Waals surface area contributed by atoms with Crippen LogP contribution in [0, 0.1) is 0 Å². The van der Waals surface area contributed by atoms with Crippen LogP contribution in [0.25, 0.3) is 0 Å². The van der Waals surface area contributed by atoms with Gasteiger partial charge in [-0.05, 0) is 35.7 Å². The standard InChI is InChI=1S/C17H17Cl2NO/c1-20(12-13-6-9-15(18)10-7-13)17(21)11-8-14-4-2-3-5-16(14)19/h2-7,9-10H,8,11-12H2,1H3. The van der Waals surface area contributed by atoms with E-state index in [1.165, 1.54) is 0 Å². The van der Waals surface area contributed by atoms with Gasteiger partial charge in [0.05, 0.1) is 0 Å². The van der Waals surface area contributed by atoms with Crippen LogP contribution in [0.1, 0.15) is 17.5 Å². The monoisotopic (exact) mass is 321 g/mol. The molecule has 0 heterocycles. The second-order valence-electron chi connectivity index (χ2n) is 4.97. The summed E-state index contributed by atoms with van der Waals surface area (Å²) in [5.41, 5.74) is 2.07. The third-order valence-electron chi connectivity index (χ3n) is 3.32. The summed E-state index contributed by atoms with van der Waals surface area (Å²) in [5.74, 6) is 0.102. The van der Waals surface area contributed by atoms with Crippen molar-refractivity contribution in [2.75, 3.05) is 7.05 Å². The van der Waals surface area contributed by atoms with Crippen LogP contribution in [0.4, 0.5) is 0 Å². The molecule has 0 atom stereocenters. The fourth-order valence-electron chi connectivity index (χ4n) is 2.09. The maximum atomic E-state index is 12.2. The van der Waals surface area contributed by atoms with Gasteiger partial charge in [-0.3, -0.25) is 4.79 Å². The molecule has 2 nitrogen and oxygen atoms in total. The zero-order valence-corrected chi connectivity index (χ0v) is 13.4. The molecule has 0 radical (unpaired) electrons. The van der Waals surface area contributed by atoms with E-state index in [2.05, 4.69) is 0 Å². The summed E-state index contributed by atoms with van der Waals surface area (Å²) in [6.07, 6.45) is 1.11. The van der Waals surface area contributed by atoms with E-state index >= 15 is 0 Å². The maximum absolute atomic E-state index is 12.2. The van der Waals surface area contributed by atoms with Gasteiger partial charge < -0.3 is 4.90 Å². The molecule has 0 aliphatic heterocycles. The van der Waals surface area contributed by atoms with E-state index in [0.717, 1.165) is 11.1 Å². The molecule has 2 rings (SSSR count). The lowest BCUT2D eigenvalue weighted by Crippen LogP contribution is -2.26. The van der Waals surface area contributed by atoms with Gasteiger partial charge in [0.15, 0.2) is 0 Å². The van der Waals surface area contributed by atoms with Crippen LogP contribution in [-0.4, -0.2) is 17.9 Å². The molecule has 0 saturated carbocycles. The van der Waals surface area contributed by atoms with Crippen molar-refractivity contribution in [3.63, 3.8) is 0 Å². The molecule has 2 aromatic rings. The number of rotatable bonds is 5. The van der Waals surface area contributed by atoms with Crippen LogP contribution in [0.5, 0.6) is 0 Å². The minimum Gasteiger partial charge on any atom is -0.341 e. The number of halogens is 2. The third kappa shape index (κ3) is 4.76. The lowest BCUT2D eigenvalue weighted by molar-refractivity contribution is -0.130. The van der Waals surface area contributed by atoms with Crippen LogP contribution < -0.4 is 0 Å². The molecule has 0 bridgehead atoms. The van der Waals surface area contributed by atoms with E-state index < -0.39 is 0 Å². The Morgan fingerprint density at radius 1 is 1.05 bits per heavy atom. The van der Waals surface area contributed by atoms with Gasteiger partial charge in [-0.15, -0.1) is 0 Å². The third-order valence-corrected chi connectivity index (χ3v) is 3.95. The Morgan fingerprint density at radius 3 is 2.38 bits per heavy atom. The summed E-state index contributed by atoms with van der Waals surface area (Å²) < 4.78 is 0. The Hall–Kier alpha value is -1.51. The van der Waals surface area contributed by atoms with Crippen molar-refractivity contribution in [3.05, 3.63) is 69.7 Å². The molecule has 4 heteroatoms. The van der Waals surface area contributed by atoms with Gasteiger partial charge in [0.25, 0.3) is 0 Å². The summed E-state index contributed by atoms with van der Waals surface area (Å²) in [6.45, 7) is 0.582. The van der Waals surface area contributed by atoms with Crippen molar-refractivity contribution in [1.29, 1.82) is 0 Å². The van der Waals surface area contributed by atoms with Crippen molar-refractivity contribution in [2.45, 2.75) is 19.4 Å². The highest BCUT2D eigenvalue weighted by Gasteiger charge is 2.10. The van der Waals surface area contributed by atoms with E-state index in [-0.39, 0.29) is 5.91 Å². The average Bonchev–Trinajstić information content (AvgIpc) is 2.48. The number of hydrogen-bond acceptors (Lipinski definition) is 1. The molecule has 0 aromatic heterocycles. The topological polar surface area (TPSA) is 20.3 Å². The largest absolute Gasteiger partial charge is 0.341 e. The van der Waals surface area contributed by atoms with Crippen molar-refractivity contribution < 1.29 is 4.79 Å². The van der Waals surface area contributed by atoms with Gasteiger partial charge in [0, 0.05) is 30.1 Å². The fraction of sp³-hybridized carbons (Fsp3) is 0.235. The molecule has 21 heavy (non-hydrogen) atoms. The predicted octanol–water partition coefficient (Wildman–Crippen LogP) is 4.58. The summed E-state index contributed by atoms with van der Waals surface area (Å²) in [4.78, 5) is 13.9.